The lowest BCUT2D eigenvalue weighted by atomic mass is 10.0. The van der Waals surface area contributed by atoms with E-state index in [4.69, 9.17) is 28.3 Å². The topological polar surface area (TPSA) is 20.2 Å². The molecule has 0 fully saturated rings. The first-order chi connectivity index (χ1) is 9.11. The highest BCUT2D eigenvalue weighted by molar-refractivity contribution is 6.36. The summed E-state index contributed by atoms with van der Waals surface area (Å²) in [5.41, 5.74) is 4.14. The molecule has 0 unspecified atom stereocenters. The zero-order valence-electron chi connectivity index (χ0n) is 10.5. The van der Waals surface area contributed by atoms with E-state index >= 15 is 0 Å². The van der Waals surface area contributed by atoms with Crippen LogP contribution in [0.3, 0.4) is 0 Å². The maximum Gasteiger partial charge on any atom is 0.0618 e. The van der Waals surface area contributed by atoms with Crippen LogP contribution >= 0.6 is 23.2 Å². The van der Waals surface area contributed by atoms with E-state index < -0.39 is 0 Å². The number of hydrogen-bond acceptors (Lipinski definition) is 1. The average molecular weight is 293 g/mol. The van der Waals surface area contributed by atoms with Crippen molar-refractivity contribution in [3.8, 4) is 11.1 Å². The summed E-state index contributed by atoms with van der Waals surface area (Å²) in [6, 6.07) is 13.5. The van der Waals surface area contributed by atoms with E-state index in [0.29, 0.717) is 10.0 Å². The highest BCUT2D eigenvalue weighted by Crippen LogP contribution is 2.31. The largest absolute Gasteiger partial charge is 0.392 e. The molecule has 0 aliphatic rings. The molecule has 3 heteroatoms. The van der Waals surface area contributed by atoms with Crippen LogP contribution in [0, 0.1) is 0 Å². The van der Waals surface area contributed by atoms with E-state index in [1.54, 1.807) is 12.1 Å². The van der Waals surface area contributed by atoms with Gasteiger partial charge in [0.15, 0.2) is 0 Å². The summed E-state index contributed by atoms with van der Waals surface area (Å²) in [6.45, 7) is 2.02. The summed E-state index contributed by atoms with van der Waals surface area (Å²) < 4.78 is 0. The Labute approximate surface area is 123 Å². The fourth-order valence-electron chi connectivity index (χ4n) is 1.89. The van der Waals surface area contributed by atoms with Gasteiger partial charge in [0.25, 0.3) is 0 Å². The number of benzene rings is 2. The lowest BCUT2D eigenvalue weighted by Gasteiger charge is -2.07. The van der Waals surface area contributed by atoms with E-state index in [-0.39, 0.29) is 6.61 Å². The van der Waals surface area contributed by atoms with Crippen LogP contribution in [-0.4, -0.2) is 11.7 Å². The minimum absolute atomic E-state index is 0.0522. The highest BCUT2D eigenvalue weighted by Gasteiger charge is 2.04. The van der Waals surface area contributed by atoms with Crippen LogP contribution in [0.1, 0.15) is 12.5 Å². The van der Waals surface area contributed by atoms with Crippen LogP contribution in [0.15, 0.2) is 48.5 Å². The van der Waals surface area contributed by atoms with Crippen molar-refractivity contribution in [3.63, 3.8) is 0 Å². The molecule has 98 valence electrons. The van der Waals surface area contributed by atoms with Crippen molar-refractivity contribution >= 4 is 28.8 Å². The van der Waals surface area contributed by atoms with Crippen LogP contribution in [0.5, 0.6) is 0 Å². The second kappa shape index (κ2) is 6.25. The number of rotatable bonds is 3. The number of aliphatic hydroxyl groups excluding tert-OH is 1. The van der Waals surface area contributed by atoms with Crippen molar-refractivity contribution in [2.24, 2.45) is 0 Å². The van der Waals surface area contributed by atoms with Gasteiger partial charge in [0.1, 0.15) is 0 Å². The first-order valence-electron chi connectivity index (χ1n) is 5.95. The van der Waals surface area contributed by atoms with Gasteiger partial charge < -0.3 is 5.11 Å². The fourth-order valence-corrected chi connectivity index (χ4v) is 2.41. The molecule has 2 rings (SSSR count). The number of hydrogen-bond donors (Lipinski definition) is 1. The van der Waals surface area contributed by atoms with Gasteiger partial charge in [0.05, 0.1) is 6.61 Å². The Balaban J connectivity index is 2.35. The monoisotopic (exact) mass is 292 g/mol. The predicted octanol–water partition coefficient (Wildman–Crippen LogP) is 5.06. The van der Waals surface area contributed by atoms with Gasteiger partial charge in [-0.05, 0) is 35.8 Å². The molecule has 0 spiro atoms. The number of allylic oxidation sites excluding steroid dienone is 1. The summed E-state index contributed by atoms with van der Waals surface area (Å²) >= 11 is 12.1. The minimum atomic E-state index is 0.0522. The molecule has 1 N–H and O–H groups in total. The molecule has 1 nitrogen and oxygen atoms in total. The van der Waals surface area contributed by atoms with Crippen LogP contribution in [-0.2, 0) is 0 Å². The molecule has 0 radical (unpaired) electrons. The van der Waals surface area contributed by atoms with E-state index in [9.17, 15) is 0 Å². The maximum absolute atomic E-state index is 8.89. The summed E-state index contributed by atoms with van der Waals surface area (Å²) in [4.78, 5) is 0. The molecular weight excluding hydrogens is 279 g/mol. The molecule has 2 aromatic carbocycles. The molecule has 0 heterocycles. The van der Waals surface area contributed by atoms with Crippen LogP contribution < -0.4 is 0 Å². The lowest BCUT2D eigenvalue weighted by molar-refractivity contribution is 0.343. The summed E-state index contributed by atoms with van der Waals surface area (Å²) in [5, 5.41) is 10.2. The molecule has 0 aromatic heterocycles. The smallest absolute Gasteiger partial charge is 0.0618 e. The number of halogens is 2. The molecular formula is C16H14Cl2O. The molecule has 0 saturated carbocycles. The van der Waals surface area contributed by atoms with Crippen LogP contribution in [0.4, 0.5) is 0 Å². The van der Waals surface area contributed by atoms with Gasteiger partial charge in [0.2, 0.25) is 0 Å². The predicted molar refractivity (Wildman–Crippen MR) is 82.6 cm³/mol. The minimum Gasteiger partial charge on any atom is -0.392 e. The Morgan fingerprint density at radius 1 is 1.11 bits per heavy atom. The van der Waals surface area contributed by atoms with Crippen molar-refractivity contribution in [1.82, 2.24) is 0 Å². The first kappa shape index (κ1) is 14.1. The zero-order valence-corrected chi connectivity index (χ0v) is 12.0. The van der Waals surface area contributed by atoms with Gasteiger partial charge in [-0.3, -0.25) is 0 Å². The molecule has 0 saturated heterocycles. The molecule has 0 bridgehead atoms. The summed E-state index contributed by atoms with van der Waals surface area (Å²) in [7, 11) is 0. The Morgan fingerprint density at radius 3 is 2.37 bits per heavy atom. The van der Waals surface area contributed by atoms with Gasteiger partial charge in [-0.1, -0.05) is 59.6 Å². The Bertz CT molecular complexity index is 601. The summed E-state index contributed by atoms with van der Waals surface area (Å²) in [6.07, 6.45) is 1.78. The standard InChI is InChI=1S/C16H14Cl2O/c1-11(8-9-19)12-2-4-13(5-3-12)15-7-6-14(17)10-16(15)18/h2-8,10,19H,9H2,1H3/b11-8-. The quantitative estimate of drug-likeness (QED) is 0.839. The molecule has 0 aliphatic heterocycles. The van der Waals surface area contributed by atoms with Crippen LogP contribution in [0.2, 0.25) is 10.0 Å². The van der Waals surface area contributed by atoms with Crippen molar-refractivity contribution in [3.05, 3.63) is 64.1 Å². The third-order valence-electron chi connectivity index (χ3n) is 2.98. The van der Waals surface area contributed by atoms with E-state index in [2.05, 4.69) is 0 Å². The normalized spacial score (nSPS) is 11.7. The van der Waals surface area contributed by atoms with Crippen molar-refractivity contribution < 1.29 is 5.11 Å². The Hall–Kier alpha value is -1.28. The van der Waals surface area contributed by atoms with Gasteiger partial charge in [-0.25, -0.2) is 0 Å². The van der Waals surface area contributed by atoms with Gasteiger partial charge >= 0.3 is 0 Å². The molecule has 0 aliphatic carbocycles. The average Bonchev–Trinajstić information content (AvgIpc) is 2.39. The highest BCUT2D eigenvalue weighted by atomic mass is 35.5. The van der Waals surface area contributed by atoms with Gasteiger partial charge in [-0.15, -0.1) is 0 Å². The van der Waals surface area contributed by atoms with Crippen molar-refractivity contribution in [1.29, 1.82) is 0 Å². The molecule has 19 heavy (non-hydrogen) atoms. The van der Waals surface area contributed by atoms with E-state index in [1.807, 2.05) is 43.3 Å². The second-order valence-electron chi connectivity index (χ2n) is 4.27. The van der Waals surface area contributed by atoms with Crippen molar-refractivity contribution in [2.75, 3.05) is 6.61 Å². The van der Waals surface area contributed by atoms with E-state index in [0.717, 1.165) is 22.3 Å². The lowest BCUT2D eigenvalue weighted by Crippen LogP contribution is -1.84. The first-order valence-corrected chi connectivity index (χ1v) is 6.71. The Kier molecular flexibility index (Phi) is 4.65. The molecule has 0 amide bonds. The second-order valence-corrected chi connectivity index (χ2v) is 5.11. The van der Waals surface area contributed by atoms with E-state index in [1.165, 1.54) is 0 Å². The van der Waals surface area contributed by atoms with Crippen LogP contribution in [0.25, 0.3) is 16.7 Å². The molecule has 2 aromatic rings. The fraction of sp³-hybridized carbons (Fsp3) is 0.125. The maximum atomic E-state index is 8.89. The molecule has 0 atom stereocenters. The van der Waals surface area contributed by atoms with Gasteiger partial charge in [-0.2, -0.15) is 0 Å². The van der Waals surface area contributed by atoms with Gasteiger partial charge in [0, 0.05) is 15.6 Å². The third-order valence-corrected chi connectivity index (χ3v) is 3.53. The third kappa shape index (κ3) is 3.38. The summed E-state index contributed by atoms with van der Waals surface area (Å²) in [5.74, 6) is 0. The zero-order chi connectivity index (χ0) is 13.8. The van der Waals surface area contributed by atoms with Crippen molar-refractivity contribution in [2.45, 2.75) is 6.92 Å². The SMILES string of the molecule is C/C(=C/CO)c1ccc(-c2ccc(Cl)cc2Cl)cc1. The number of aliphatic hydroxyl groups is 1. The Morgan fingerprint density at radius 2 is 1.79 bits per heavy atom.